The second-order valence-electron chi connectivity index (χ2n) is 9.86. The van der Waals surface area contributed by atoms with Crippen LogP contribution >= 0.6 is 0 Å². The van der Waals surface area contributed by atoms with E-state index in [9.17, 15) is 9.59 Å². The van der Waals surface area contributed by atoms with E-state index in [4.69, 9.17) is 21.1 Å². The number of nitrogens with two attached hydrogens (primary N) is 2. The number of nitrogens with zero attached hydrogens (tertiary/aromatic N) is 6. The molecule has 2 fully saturated rings. The van der Waals surface area contributed by atoms with E-state index in [1.54, 1.807) is 17.4 Å². The lowest BCUT2D eigenvalue weighted by molar-refractivity contribution is -0.134. The molecule has 208 valence electrons. The lowest BCUT2D eigenvalue weighted by Crippen LogP contribution is -2.39. The van der Waals surface area contributed by atoms with E-state index in [0.29, 0.717) is 44.9 Å². The van der Waals surface area contributed by atoms with E-state index < -0.39 is 0 Å². The third-order valence-corrected chi connectivity index (χ3v) is 6.99. The van der Waals surface area contributed by atoms with Gasteiger partial charge in [-0.3, -0.25) is 14.6 Å². The number of ether oxygens (including phenoxy) is 2. The van der Waals surface area contributed by atoms with Crippen molar-refractivity contribution in [1.29, 1.82) is 0 Å². The zero-order valence-electron chi connectivity index (χ0n) is 22.0. The van der Waals surface area contributed by atoms with E-state index in [0.717, 1.165) is 64.6 Å². The first-order chi connectivity index (χ1) is 18.0. The van der Waals surface area contributed by atoms with Crippen molar-refractivity contribution in [3.63, 3.8) is 0 Å². The molecule has 2 atom stereocenters. The maximum Gasteiger partial charge on any atom is 0.222 e. The molecule has 0 saturated carbocycles. The van der Waals surface area contributed by atoms with Gasteiger partial charge in [0.05, 0.1) is 37.6 Å². The van der Waals surface area contributed by atoms with Crippen LogP contribution in [0.25, 0.3) is 0 Å². The fourth-order valence-electron chi connectivity index (χ4n) is 5.06. The Morgan fingerprint density at radius 2 is 1.54 bits per heavy atom. The second kappa shape index (κ2) is 15.5. The van der Waals surface area contributed by atoms with Gasteiger partial charge in [-0.1, -0.05) is 11.8 Å². The summed E-state index contributed by atoms with van der Waals surface area (Å²) in [5, 5.41) is 11.2. The Balaban J connectivity index is 0.000000206. The Hall–Kier alpha value is -2.70. The summed E-state index contributed by atoms with van der Waals surface area (Å²) in [5.41, 5.74) is 6.42. The molecule has 0 radical (unpaired) electrons. The molecule has 0 aromatic carbocycles. The van der Waals surface area contributed by atoms with Crippen LogP contribution in [-0.2, 0) is 19.1 Å². The molecule has 0 aromatic rings. The molecule has 4 aliphatic heterocycles. The molecule has 4 N–H and O–H groups in total. The van der Waals surface area contributed by atoms with Crippen molar-refractivity contribution in [1.82, 2.24) is 19.8 Å². The van der Waals surface area contributed by atoms with E-state index in [1.165, 1.54) is 5.01 Å². The summed E-state index contributed by atoms with van der Waals surface area (Å²) < 4.78 is 11.0. The Morgan fingerprint density at radius 3 is 2.22 bits per heavy atom. The number of fused-ring (bicyclic) bond motifs is 2. The van der Waals surface area contributed by atoms with Crippen molar-refractivity contribution in [3.8, 4) is 0 Å². The number of rotatable bonds is 1. The van der Waals surface area contributed by atoms with Gasteiger partial charge in [0.2, 0.25) is 11.8 Å². The highest BCUT2D eigenvalue weighted by atomic mass is 16.5. The molecule has 0 aromatic heterocycles. The Morgan fingerprint density at radius 1 is 0.892 bits per heavy atom. The summed E-state index contributed by atoms with van der Waals surface area (Å²) in [6, 6.07) is 0.442. The van der Waals surface area contributed by atoms with Crippen molar-refractivity contribution in [3.05, 3.63) is 24.7 Å². The van der Waals surface area contributed by atoms with Gasteiger partial charge in [-0.15, -0.1) is 5.11 Å². The maximum atomic E-state index is 12.1. The Bertz CT molecular complexity index is 808. The zero-order chi connectivity index (χ0) is 26.5. The van der Waals surface area contributed by atoms with Gasteiger partial charge < -0.3 is 30.0 Å². The van der Waals surface area contributed by atoms with Crippen LogP contribution in [-0.4, -0.2) is 96.4 Å². The lowest BCUT2D eigenvalue weighted by Gasteiger charge is -2.26. The highest BCUT2D eigenvalue weighted by Gasteiger charge is 2.29. The average Bonchev–Trinajstić information content (AvgIpc) is 3.54. The second-order valence-corrected chi connectivity index (χ2v) is 9.86. The first kappa shape index (κ1) is 28.9. The van der Waals surface area contributed by atoms with Crippen LogP contribution in [0.5, 0.6) is 0 Å². The van der Waals surface area contributed by atoms with Gasteiger partial charge in [0.25, 0.3) is 0 Å². The number of carbonyl (C=O) groups is 2. The van der Waals surface area contributed by atoms with Crippen molar-refractivity contribution < 1.29 is 19.1 Å². The first-order valence-corrected chi connectivity index (χ1v) is 13.5. The number of hydrogen-bond acceptors (Lipinski definition) is 10. The van der Waals surface area contributed by atoms with E-state index in [1.807, 2.05) is 9.80 Å². The van der Waals surface area contributed by atoms with Gasteiger partial charge >= 0.3 is 0 Å². The van der Waals surface area contributed by atoms with Crippen LogP contribution in [0.2, 0.25) is 0 Å². The summed E-state index contributed by atoms with van der Waals surface area (Å²) in [5.74, 6) is 6.22. The minimum absolute atomic E-state index is 0.215. The number of amides is 2. The minimum Gasteiger partial charge on any atom is -0.399 e. The first-order valence-electron chi connectivity index (χ1n) is 13.5. The van der Waals surface area contributed by atoms with Gasteiger partial charge in [0.1, 0.15) is 0 Å². The van der Waals surface area contributed by atoms with E-state index in [-0.39, 0.29) is 30.6 Å². The Labute approximate surface area is 220 Å². The minimum atomic E-state index is 0.215. The monoisotopic (exact) mass is 520 g/mol. The molecular weight excluding hydrogens is 476 g/mol. The molecule has 2 unspecified atom stereocenters. The molecule has 4 rings (SSSR count). The molecule has 2 saturated heterocycles. The lowest BCUT2D eigenvalue weighted by atomic mass is 10.2. The molecular formula is C25H44N8O4. The van der Waals surface area contributed by atoms with Gasteiger partial charge in [0.15, 0.2) is 6.73 Å². The predicted molar refractivity (Wildman–Crippen MR) is 139 cm³/mol. The molecule has 37 heavy (non-hydrogen) atoms. The number of hydrogen-bond donors (Lipinski definition) is 2. The fraction of sp³-hybridized carbons (Fsp3) is 0.760. The molecule has 4 aliphatic rings. The van der Waals surface area contributed by atoms with Gasteiger partial charge in [-0.25, -0.2) is 5.84 Å². The Kier molecular flexibility index (Phi) is 12.1. The van der Waals surface area contributed by atoms with Crippen molar-refractivity contribution >= 4 is 11.8 Å². The van der Waals surface area contributed by atoms with Gasteiger partial charge in [-0.05, 0) is 44.9 Å². The SMILES string of the molecule is C=CN1CCCCC(=O)N2CCCC2COC/N=N\1.N/C1=C\N(N)CCCC(=O)N2CCCC2COC1. The average molecular weight is 521 g/mol. The largest absolute Gasteiger partial charge is 0.399 e. The van der Waals surface area contributed by atoms with Crippen LogP contribution in [0, 0.1) is 0 Å². The van der Waals surface area contributed by atoms with Crippen LogP contribution in [0.1, 0.15) is 57.8 Å². The molecule has 0 bridgehead atoms. The summed E-state index contributed by atoms with van der Waals surface area (Å²) in [4.78, 5) is 28.1. The van der Waals surface area contributed by atoms with E-state index >= 15 is 0 Å². The molecule has 2 amide bonds. The van der Waals surface area contributed by atoms with Gasteiger partial charge in [0, 0.05) is 51.4 Å². The van der Waals surface area contributed by atoms with Crippen LogP contribution in [0.15, 0.2) is 35.0 Å². The smallest absolute Gasteiger partial charge is 0.222 e. The third kappa shape index (κ3) is 9.60. The van der Waals surface area contributed by atoms with Crippen LogP contribution < -0.4 is 11.6 Å². The molecule has 4 heterocycles. The zero-order valence-corrected chi connectivity index (χ0v) is 22.0. The topological polar surface area (TPSA) is 142 Å². The van der Waals surface area contributed by atoms with Crippen LogP contribution in [0.3, 0.4) is 0 Å². The standard InChI is InChI=1S/C13H22N4O2.C12H22N4O2/c1-2-16-8-4-3-7-13(18)17-9-5-6-12(17)10-19-11-14-15-16;13-10-7-15(14)5-2-4-12(17)16-6-1-3-11(16)9-18-8-10/h2,12H,1,3-11H2;7,11H,1-6,8-9,13-14H2/b15-14-;10-7-. The summed E-state index contributed by atoms with van der Waals surface area (Å²) in [6.45, 7) is 8.50. The highest BCUT2D eigenvalue weighted by molar-refractivity contribution is 5.77. The van der Waals surface area contributed by atoms with Gasteiger partial charge in [-0.2, -0.15) is 0 Å². The summed E-state index contributed by atoms with van der Waals surface area (Å²) >= 11 is 0. The van der Waals surface area contributed by atoms with Crippen LogP contribution in [0.4, 0.5) is 0 Å². The van der Waals surface area contributed by atoms with Crippen molar-refractivity contribution in [2.45, 2.75) is 69.9 Å². The predicted octanol–water partition coefficient (Wildman–Crippen LogP) is 1.71. The summed E-state index contributed by atoms with van der Waals surface area (Å²) in [6.07, 6.45) is 11.2. The van der Waals surface area contributed by atoms with Crippen molar-refractivity contribution in [2.24, 2.45) is 21.9 Å². The third-order valence-electron chi connectivity index (χ3n) is 6.99. The highest BCUT2D eigenvalue weighted by Crippen LogP contribution is 2.20. The number of carbonyl (C=O) groups excluding carboxylic acids is 2. The normalized spacial score (nSPS) is 29.1. The van der Waals surface area contributed by atoms with E-state index in [2.05, 4.69) is 16.9 Å². The molecule has 12 heteroatoms. The quantitative estimate of drug-likeness (QED) is 0.498. The number of hydrazine groups is 1. The molecule has 0 spiro atoms. The fourth-order valence-corrected chi connectivity index (χ4v) is 5.06. The van der Waals surface area contributed by atoms with Crippen molar-refractivity contribution in [2.75, 3.05) is 52.7 Å². The molecule has 0 aliphatic carbocycles. The maximum absolute atomic E-state index is 12.1. The molecule has 12 nitrogen and oxygen atoms in total. The summed E-state index contributed by atoms with van der Waals surface area (Å²) in [7, 11) is 0.